The molecule has 0 radical (unpaired) electrons. The first-order chi connectivity index (χ1) is 33.5. The Hall–Kier alpha value is -8.64. The van der Waals surface area contributed by atoms with Crippen molar-refractivity contribution in [2.24, 2.45) is 0 Å². The highest BCUT2D eigenvalue weighted by Gasteiger charge is 2.22. The lowest BCUT2D eigenvalue weighted by Crippen LogP contribution is -2.27. The van der Waals surface area contributed by atoms with Crippen LogP contribution in [0.5, 0.6) is 11.5 Å². The minimum Gasteiger partial charge on any atom is -0.483 e. The fraction of sp³-hybridized carbons (Fsp3) is 0.172. The number of ether oxygens (including phenoxy) is 4. The molecule has 4 N–H and O–H groups in total. The van der Waals surface area contributed by atoms with Crippen LogP contribution in [0, 0.1) is 0 Å². The largest absolute Gasteiger partial charge is 0.483 e. The number of nitrogens with one attached hydrogen (secondary N) is 4. The van der Waals surface area contributed by atoms with Crippen LogP contribution in [0.4, 0.5) is 32.3 Å². The van der Waals surface area contributed by atoms with Gasteiger partial charge in [0.15, 0.2) is 13.2 Å². The highest BCUT2D eigenvalue weighted by molar-refractivity contribution is 6.10. The maximum Gasteiger partial charge on any atom is 0.412 e. The molecule has 70 heavy (non-hydrogen) atoms. The highest BCUT2D eigenvalue weighted by Crippen LogP contribution is 2.45. The summed E-state index contributed by atoms with van der Waals surface area (Å²) in [5, 5.41) is 15.0. The topological polar surface area (TPSA) is 153 Å². The maximum absolute atomic E-state index is 13.5. The Kier molecular flexibility index (Phi) is 14.1. The summed E-state index contributed by atoms with van der Waals surface area (Å²) in [7, 11) is 0. The van der Waals surface area contributed by atoms with E-state index in [-0.39, 0.29) is 25.0 Å². The normalized spacial score (nSPS) is 11.3. The van der Waals surface area contributed by atoms with Gasteiger partial charge in [0.05, 0.1) is 0 Å². The molecule has 0 aliphatic rings. The van der Waals surface area contributed by atoms with Gasteiger partial charge in [-0.1, -0.05) is 109 Å². The van der Waals surface area contributed by atoms with Crippen molar-refractivity contribution in [2.75, 3.05) is 34.5 Å². The Morgan fingerprint density at radius 1 is 0.371 bits per heavy atom. The van der Waals surface area contributed by atoms with Gasteiger partial charge in [-0.3, -0.25) is 20.2 Å². The summed E-state index contributed by atoms with van der Waals surface area (Å²) in [6.45, 7) is 10.3. The van der Waals surface area contributed by atoms with Crippen molar-refractivity contribution in [3.05, 3.63) is 170 Å². The van der Waals surface area contributed by atoms with Gasteiger partial charge < -0.3 is 29.6 Å². The monoisotopic (exact) mass is 934 g/mol. The van der Waals surface area contributed by atoms with Crippen LogP contribution in [0.1, 0.15) is 41.5 Å². The molecular weight excluding hydrogens is 881 g/mol. The molecule has 0 saturated heterocycles. The van der Waals surface area contributed by atoms with Gasteiger partial charge in [0.2, 0.25) is 0 Å². The number of anilines is 4. The predicted molar refractivity (Wildman–Crippen MR) is 279 cm³/mol. The quantitative estimate of drug-likeness (QED) is 0.0891. The summed E-state index contributed by atoms with van der Waals surface area (Å²) in [6.07, 6.45) is -1.05. The molecule has 0 aliphatic heterocycles. The zero-order valence-corrected chi connectivity index (χ0v) is 39.8. The number of fused-ring (bicyclic) bond motifs is 2. The molecule has 0 spiro atoms. The second-order valence-electron chi connectivity index (χ2n) is 18.6. The summed E-state index contributed by atoms with van der Waals surface area (Å²) in [5.74, 6) is 0.227. The molecule has 12 nitrogen and oxygen atoms in total. The van der Waals surface area contributed by atoms with Gasteiger partial charge in [-0.25, -0.2) is 9.59 Å². The van der Waals surface area contributed by atoms with Crippen LogP contribution in [0.15, 0.2) is 170 Å². The van der Waals surface area contributed by atoms with E-state index in [1.54, 1.807) is 24.3 Å². The van der Waals surface area contributed by atoms with Crippen molar-refractivity contribution >= 4 is 68.3 Å². The van der Waals surface area contributed by atoms with Crippen molar-refractivity contribution in [3.8, 4) is 44.9 Å². The van der Waals surface area contributed by atoms with Crippen molar-refractivity contribution in [1.82, 2.24) is 0 Å². The summed E-state index contributed by atoms with van der Waals surface area (Å²) in [4.78, 5) is 51.3. The third-order valence-electron chi connectivity index (χ3n) is 10.8. The van der Waals surface area contributed by atoms with Gasteiger partial charge in [-0.05, 0) is 146 Å². The third-order valence-corrected chi connectivity index (χ3v) is 10.8. The molecule has 0 aromatic heterocycles. The molecule has 0 unspecified atom stereocenters. The second-order valence-corrected chi connectivity index (χ2v) is 18.6. The average molecular weight is 935 g/mol. The van der Waals surface area contributed by atoms with Crippen molar-refractivity contribution in [2.45, 2.75) is 52.7 Å². The van der Waals surface area contributed by atoms with E-state index < -0.39 is 23.4 Å². The smallest absolute Gasteiger partial charge is 0.412 e. The first-order valence-electron chi connectivity index (χ1n) is 22.8. The molecule has 8 aromatic rings. The lowest BCUT2D eigenvalue weighted by atomic mass is 9.92. The average Bonchev–Trinajstić information content (AvgIpc) is 3.32. The zero-order valence-electron chi connectivity index (χ0n) is 39.8. The molecule has 0 heterocycles. The van der Waals surface area contributed by atoms with E-state index in [2.05, 4.69) is 21.3 Å². The van der Waals surface area contributed by atoms with Gasteiger partial charge in [0.1, 0.15) is 22.7 Å². The number of hydrogen-bond donors (Lipinski definition) is 4. The Bertz CT molecular complexity index is 2960. The van der Waals surface area contributed by atoms with Crippen LogP contribution in [0.2, 0.25) is 0 Å². The number of rotatable bonds is 13. The first kappa shape index (κ1) is 47.8. The van der Waals surface area contributed by atoms with Gasteiger partial charge in [-0.2, -0.15) is 0 Å². The first-order valence-corrected chi connectivity index (χ1v) is 22.8. The van der Waals surface area contributed by atoms with E-state index in [1.165, 1.54) is 0 Å². The summed E-state index contributed by atoms with van der Waals surface area (Å²) < 4.78 is 23.4. The van der Waals surface area contributed by atoms with Crippen molar-refractivity contribution in [1.29, 1.82) is 0 Å². The van der Waals surface area contributed by atoms with E-state index in [4.69, 9.17) is 18.9 Å². The Morgan fingerprint density at radius 2 is 0.671 bits per heavy atom. The summed E-state index contributed by atoms with van der Waals surface area (Å²) >= 11 is 0. The Morgan fingerprint density at radius 3 is 0.986 bits per heavy atom. The van der Waals surface area contributed by atoms with Crippen LogP contribution in [-0.4, -0.2) is 48.4 Å². The molecule has 0 atom stereocenters. The third kappa shape index (κ3) is 12.5. The minimum absolute atomic E-state index is 0.280. The number of carbonyl (C=O) groups excluding carboxylic acids is 4. The highest BCUT2D eigenvalue weighted by atomic mass is 16.6. The number of carbonyl (C=O) groups is 4. The molecule has 4 amide bonds. The molecule has 354 valence electrons. The molecule has 8 aromatic carbocycles. The van der Waals surface area contributed by atoms with Gasteiger partial charge in [0, 0.05) is 33.9 Å². The molecule has 0 fully saturated rings. The predicted octanol–water partition coefficient (Wildman–Crippen LogP) is 13.7. The zero-order chi connectivity index (χ0) is 49.4. The number of amides is 4. The molecule has 0 bridgehead atoms. The fourth-order valence-electron chi connectivity index (χ4n) is 7.77. The van der Waals surface area contributed by atoms with E-state index in [1.807, 2.05) is 187 Å². The summed E-state index contributed by atoms with van der Waals surface area (Å²) in [5.41, 5.74) is 6.37. The van der Waals surface area contributed by atoms with Crippen LogP contribution in [0.3, 0.4) is 0 Å². The lowest BCUT2D eigenvalue weighted by molar-refractivity contribution is -0.118. The van der Waals surface area contributed by atoms with Crippen LogP contribution < -0.4 is 30.7 Å². The van der Waals surface area contributed by atoms with Crippen LogP contribution in [-0.2, 0) is 19.1 Å². The molecular formula is C58H54N4O8. The molecule has 0 aliphatic carbocycles. The van der Waals surface area contributed by atoms with Crippen molar-refractivity contribution < 1.29 is 38.1 Å². The van der Waals surface area contributed by atoms with Gasteiger partial charge in [0.25, 0.3) is 11.8 Å². The Labute approximate surface area is 406 Å². The minimum atomic E-state index is -0.602. The lowest BCUT2D eigenvalue weighted by Gasteiger charge is -2.20. The number of hydrogen-bond acceptors (Lipinski definition) is 8. The second kappa shape index (κ2) is 20.7. The Balaban J connectivity index is 0.944. The molecule has 8 rings (SSSR count). The van der Waals surface area contributed by atoms with E-state index in [0.717, 1.165) is 54.9 Å². The van der Waals surface area contributed by atoms with Crippen LogP contribution in [0.25, 0.3) is 54.9 Å². The standard InChI is InChI=1S/C58H54N4O8/c1-57(2,3)69-55(65)61-45-29-19-39(20-30-45)37-15-25-43(26-16-37)59-51(63)35-67-49-33-23-41-11-7-9-13-47(41)53(49)54-48-14-10-8-12-42(48)24-34-50(54)68-36-52(64)60-44-27-17-38(18-28-44)40-21-31-46(32-22-40)62-56(66)70-58(4,5)6/h7-34H,35-36H2,1-6H3,(H,59,63)(H,60,64)(H,61,65)(H,62,66). The molecule has 12 heteroatoms. The SMILES string of the molecule is CC(C)(C)OC(=O)Nc1ccc(-c2ccc(NC(=O)COc3ccc4ccccc4c3-c3c(OCC(=O)Nc4ccc(-c5ccc(NC(=O)OC(C)(C)C)cc5)cc4)ccc4ccccc34)cc2)cc1. The van der Waals surface area contributed by atoms with Crippen LogP contribution >= 0.6 is 0 Å². The maximum atomic E-state index is 13.5. The van der Waals surface area contributed by atoms with E-state index in [9.17, 15) is 19.2 Å². The van der Waals surface area contributed by atoms with Crippen molar-refractivity contribution in [3.63, 3.8) is 0 Å². The fourth-order valence-corrected chi connectivity index (χ4v) is 7.77. The van der Waals surface area contributed by atoms with Gasteiger partial charge in [-0.15, -0.1) is 0 Å². The number of benzene rings is 8. The van der Waals surface area contributed by atoms with Gasteiger partial charge >= 0.3 is 12.2 Å². The van der Waals surface area contributed by atoms with E-state index in [0.29, 0.717) is 34.2 Å². The van der Waals surface area contributed by atoms with E-state index >= 15 is 0 Å². The molecule has 0 saturated carbocycles. The summed E-state index contributed by atoms with van der Waals surface area (Å²) in [6, 6.07) is 53.2.